The van der Waals surface area contributed by atoms with E-state index in [1.54, 1.807) is 13.2 Å². The molecule has 1 atom stereocenters. The lowest BCUT2D eigenvalue weighted by Gasteiger charge is -2.27. The van der Waals surface area contributed by atoms with Crippen LogP contribution in [-0.4, -0.2) is 33.2 Å². The van der Waals surface area contributed by atoms with Gasteiger partial charge in [0.1, 0.15) is 11.5 Å². The number of aromatic nitrogens is 1. The number of ether oxygens (including phenoxy) is 2. The third-order valence-electron chi connectivity index (χ3n) is 3.44. The minimum Gasteiger partial charge on any atom is -0.493 e. The molecular weight excluding hydrogens is 304 g/mol. The molecule has 1 aromatic carbocycles. The molecule has 1 aromatic heterocycles. The van der Waals surface area contributed by atoms with E-state index in [4.69, 9.17) is 9.47 Å². The van der Waals surface area contributed by atoms with Gasteiger partial charge in [-0.3, -0.25) is 4.98 Å². The molecule has 0 spiro atoms. The van der Waals surface area contributed by atoms with Crippen molar-refractivity contribution in [2.75, 3.05) is 13.7 Å². The van der Waals surface area contributed by atoms with Crippen molar-refractivity contribution in [2.45, 2.75) is 17.4 Å². The van der Waals surface area contributed by atoms with Crippen LogP contribution in [0.15, 0.2) is 47.6 Å². The van der Waals surface area contributed by atoms with Crippen molar-refractivity contribution in [2.24, 2.45) is 0 Å². The van der Waals surface area contributed by atoms with Gasteiger partial charge in [-0.1, -0.05) is 12.1 Å². The van der Waals surface area contributed by atoms with Crippen LogP contribution in [0.5, 0.6) is 11.5 Å². The predicted molar refractivity (Wildman–Crippen MR) is 80.5 cm³/mol. The first-order valence-electron chi connectivity index (χ1n) is 6.81. The SMILES string of the molecule is COc1cccc2c1OCC(NS(=O)(=O)c1cccnc1)C2. The van der Waals surface area contributed by atoms with Gasteiger partial charge in [0.15, 0.2) is 11.5 Å². The largest absolute Gasteiger partial charge is 0.493 e. The van der Waals surface area contributed by atoms with Gasteiger partial charge in [0, 0.05) is 12.4 Å². The van der Waals surface area contributed by atoms with Crippen LogP contribution in [-0.2, 0) is 16.4 Å². The molecule has 3 rings (SSSR count). The van der Waals surface area contributed by atoms with Gasteiger partial charge in [-0.15, -0.1) is 0 Å². The van der Waals surface area contributed by atoms with Gasteiger partial charge in [0.25, 0.3) is 0 Å². The number of rotatable bonds is 4. The molecule has 0 saturated carbocycles. The molecular formula is C15H16N2O4S. The van der Waals surface area contributed by atoms with Crippen LogP contribution in [0.25, 0.3) is 0 Å². The van der Waals surface area contributed by atoms with Gasteiger partial charge in [0.05, 0.1) is 13.2 Å². The Labute approximate surface area is 129 Å². The molecule has 0 fully saturated rings. The third-order valence-corrected chi connectivity index (χ3v) is 4.95. The highest BCUT2D eigenvalue weighted by atomic mass is 32.2. The van der Waals surface area contributed by atoms with Crippen molar-refractivity contribution in [3.05, 3.63) is 48.3 Å². The minimum absolute atomic E-state index is 0.145. The molecule has 0 amide bonds. The monoisotopic (exact) mass is 320 g/mol. The lowest BCUT2D eigenvalue weighted by Crippen LogP contribution is -2.42. The zero-order chi connectivity index (χ0) is 15.6. The van der Waals surface area contributed by atoms with Crippen LogP contribution in [0.1, 0.15) is 5.56 Å². The number of hydrogen-bond acceptors (Lipinski definition) is 5. The standard InChI is InChI=1S/C15H16N2O4S/c1-20-14-6-2-4-11-8-12(10-21-15(11)14)17-22(18,19)13-5-3-7-16-9-13/h2-7,9,12,17H,8,10H2,1H3. The smallest absolute Gasteiger partial charge is 0.242 e. The topological polar surface area (TPSA) is 77.5 Å². The quantitative estimate of drug-likeness (QED) is 0.921. The maximum atomic E-state index is 12.3. The number of methoxy groups -OCH3 is 1. The second-order valence-corrected chi connectivity index (χ2v) is 6.68. The van der Waals surface area contributed by atoms with Crippen molar-refractivity contribution >= 4 is 10.0 Å². The third kappa shape index (κ3) is 2.90. The van der Waals surface area contributed by atoms with Crippen LogP contribution in [0.2, 0.25) is 0 Å². The van der Waals surface area contributed by atoms with Gasteiger partial charge in [0.2, 0.25) is 10.0 Å². The summed E-state index contributed by atoms with van der Waals surface area (Å²) in [6, 6.07) is 8.35. The van der Waals surface area contributed by atoms with Crippen molar-refractivity contribution in [3.8, 4) is 11.5 Å². The first-order valence-corrected chi connectivity index (χ1v) is 8.29. The average molecular weight is 320 g/mol. The Bertz CT molecular complexity index is 762. The van der Waals surface area contributed by atoms with Gasteiger partial charge < -0.3 is 9.47 Å². The zero-order valence-electron chi connectivity index (χ0n) is 12.0. The predicted octanol–water partition coefficient (Wildman–Crippen LogP) is 1.37. The van der Waals surface area contributed by atoms with E-state index in [1.165, 1.54) is 18.5 Å². The number of sulfonamides is 1. The lowest BCUT2D eigenvalue weighted by molar-refractivity contribution is 0.240. The van der Waals surface area contributed by atoms with E-state index in [0.717, 1.165) is 5.56 Å². The first-order chi connectivity index (χ1) is 10.6. The summed E-state index contributed by atoms with van der Waals surface area (Å²) in [5, 5.41) is 0. The molecule has 0 radical (unpaired) electrons. The summed E-state index contributed by atoms with van der Waals surface area (Å²) in [7, 11) is -2.02. The van der Waals surface area contributed by atoms with Gasteiger partial charge in [-0.05, 0) is 30.2 Å². The summed E-state index contributed by atoms with van der Waals surface area (Å²) in [6.45, 7) is 0.257. The molecule has 1 N–H and O–H groups in total. The van der Waals surface area contributed by atoms with E-state index in [9.17, 15) is 8.42 Å². The average Bonchev–Trinajstić information content (AvgIpc) is 2.54. The van der Waals surface area contributed by atoms with Crippen LogP contribution in [0.3, 0.4) is 0 Å². The van der Waals surface area contributed by atoms with Gasteiger partial charge in [-0.25, -0.2) is 13.1 Å². The summed E-state index contributed by atoms with van der Waals surface area (Å²) < 4.78 is 38.2. The van der Waals surface area contributed by atoms with E-state index < -0.39 is 10.0 Å². The second-order valence-electron chi connectivity index (χ2n) is 4.97. The molecule has 1 aliphatic heterocycles. The number of hydrogen-bond donors (Lipinski definition) is 1. The molecule has 1 aliphatic rings. The fraction of sp³-hybridized carbons (Fsp3) is 0.267. The molecule has 22 heavy (non-hydrogen) atoms. The molecule has 1 unspecified atom stereocenters. The molecule has 0 aliphatic carbocycles. The normalized spacial score (nSPS) is 17.4. The highest BCUT2D eigenvalue weighted by Crippen LogP contribution is 2.34. The minimum atomic E-state index is -3.60. The van der Waals surface area contributed by atoms with Gasteiger partial charge >= 0.3 is 0 Å². The van der Waals surface area contributed by atoms with E-state index >= 15 is 0 Å². The highest BCUT2D eigenvalue weighted by Gasteiger charge is 2.27. The van der Waals surface area contributed by atoms with Crippen molar-refractivity contribution in [1.29, 1.82) is 0 Å². The molecule has 2 heterocycles. The summed E-state index contributed by atoms with van der Waals surface area (Å²) >= 11 is 0. The molecule has 0 saturated heterocycles. The number of pyridine rings is 1. The number of nitrogens with one attached hydrogen (secondary N) is 1. The molecule has 116 valence electrons. The maximum absolute atomic E-state index is 12.3. The number of para-hydroxylation sites is 1. The lowest BCUT2D eigenvalue weighted by atomic mass is 10.0. The fourth-order valence-electron chi connectivity index (χ4n) is 2.42. The molecule has 7 heteroatoms. The Morgan fingerprint density at radius 3 is 2.91 bits per heavy atom. The number of benzene rings is 1. The number of fused-ring (bicyclic) bond motifs is 1. The van der Waals surface area contributed by atoms with Crippen molar-refractivity contribution in [3.63, 3.8) is 0 Å². The fourth-order valence-corrected chi connectivity index (χ4v) is 3.61. The highest BCUT2D eigenvalue weighted by molar-refractivity contribution is 7.89. The van der Waals surface area contributed by atoms with E-state index in [-0.39, 0.29) is 17.5 Å². The van der Waals surface area contributed by atoms with Crippen molar-refractivity contribution < 1.29 is 17.9 Å². The first kappa shape index (κ1) is 14.8. The summed E-state index contributed by atoms with van der Waals surface area (Å²) in [5.74, 6) is 1.34. The number of nitrogens with zero attached hydrogens (tertiary/aromatic N) is 1. The Morgan fingerprint density at radius 1 is 1.32 bits per heavy atom. The van der Waals surface area contributed by atoms with Crippen LogP contribution in [0, 0.1) is 0 Å². The Kier molecular flexibility index (Phi) is 4.00. The molecule has 0 bridgehead atoms. The summed E-state index contributed by atoms with van der Waals surface area (Å²) in [6.07, 6.45) is 3.40. The zero-order valence-corrected chi connectivity index (χ0v) is 12.8. The second kappa shape index (κ2) is 5.94. The Balaban J connectivity index is 1.79. The molecule has 2 aromatic rings. The summed E-state index contributed by atoms with van der Waals surface area (Å²) in [5.41, 5.74) is 0.921. The van der Waals surface area contributed by atoms with E-state index in [0.29, 0.717) is 17.9 Å². The Morgan fingerprint density at radius 2 is 2.18 bits per heavy atom. The summed E-state index contributed by atoms with van der Waals surface area (Å²) in [4.78, 5) is 3.98. The van der Waals surface area contributed by atoms with Crippen molar-refractivity contribution in [1.82, 2.24) is 9.71 Å². The van der Waals surface area contributed by atoms with Crippen LogP contribution >= 0.6 is 0 Å². The molecule has 6 nitrogen and oxygen atoms in total. The maximum Gasteiger partial charge on any atom is 0.242 e. The Hall–Kier alpha value is -2.12. The van der Waals surface area contributed by atoms with Crippen LogP contribution in [0.4, 0.5) is 0 Å². The van der Waals surface area contributed by atoms with Gasteiger partial charge in [-0.2, -0.15) is 0 Å². The van der Waals surface area contributed by atoms with E-state index in [1.807, 2.05) is 18.2 Å². The van der Waals surface area contributed by atoms with E-state index in [2.05, 4.69) is 9.71 Å². The van der Waals surface area contributed by atoms with Crippen LogP contribution < -0.4 is 14.2 Å².